The first-order valence-electron chi connectivity index (χ1n) is 11.4. The Morgan fingerprint density at radius 1 is 1.16 bits per heavy atom. The van der Waals surface area contributed by atoms with Crippen LogP contribution in [0.4, 0.5) is 5.95 Å². The smallest absolute Gasteiger partial charge is 0.225 e. The van der Waals surface area contributed by atoms with Gasteiger partial charge in [0.2, 0.25) is 11.9 Å². The molecule has 2 atom stereocenters. The molecule has 0 aliphatic carbocycles. The summed E-state index contributed by atoms with van der Waals surface area (Å²) in [5, 5.41) is 3.53. The number of carbonyl (C=O) groups is 1. The molecule has 7 heteroatoms. The van der Waals surface area contributed by atoms with Crippen molar-refractivity contribution in [3.8, 4) is 5.75 Å². The first-order chi connectivity index (χ1) is 15.2. The lowest BCUT2D eigenvalue weighted by Gasteiger charge is -2.36. The first-order valence-corrected chi connectivity index (χ1v) is 11.4. The maximum Gasteiger partial charge on any atom is 0.225 e. The van der Waals surface area contributed by atoms with E-state index >= 15 is 0 Å². The van der Waals surface area contributed by atoms with Gasteiger partial charge in [0.05, 0.1) is 7.11 Å². The highest BCUT2D eigenvalue weighted by Gasteiger charge is 2.33. The number of hydrogen-bond donors (Lipinski definition) is 1. The zero-order valence-electron chi connectivity index (χ0n) is 18.4. The van der Waals surface area contributed by atoms with E-state index in [2.05, 4.69) is 37.2 Å². The fourth-order valence-electron chi connectivity index (χ4n) is 4.72. The number of nitrogens with one attached hydrogen (secondary N) is 1. The topological polar surface area (TPSA) is 70.6 Å². The van der Waals surface area contributed by atoms with Crippen molar-refractivity contribution in [1.29, 1.82) is 0 Å². The lowest BCUT2D eigenvalue weighted by atomic mass is 9.97. The van der Waals surface area contributed by atoms with Gasteiger partial charge >= 0.3 is 0 Å². The Kier molecular flexibility index (Phi) is 7.35. The lowest BCUT2D eigenvalue weighted by Crippen LogP contribution is -2.44. The SMILES string of the molecule is COc1ccc(CNCC[C@@H]2CCC(=O)N2C[C@H]2CCCN(c3ncccn3)C2)cc1. The lowest BCUT2D eigenvalue weighted by molar-refractivity contribution is -0.129. The maximum absolute atomic E-state index is 12.6. The molecule has 0 saturated carbocycles. The number of aromatic nitrogens is 2. The van der Waals surface area contributed by atoms with Crippen molar-refractivity contribution in [1.82, 2.24) is 20.2 Å². The van der Waals surface area contributed by atoms with Crippen molar-refractivity contribution in [2.24, 2.45) is 5.92 Å². The normalized spacial score (nSPS) is 21.5. The molecule has 0 bridgehead atoms. The van der Waals surface area contributed by atoms with Crippen LogP contribution in [-0.4, -0.2) is 60.1 Å². The van der Waals surface area contributed by atoms with Gasteiger partial charge in [-0.05, 0) is 61.9 Å². The molecule has 1 aromatic heterocycles. The number of anilines is 1. The number of amides is 1. The van der Waals surface area contributed by atoms with Crippen LogP contribution in [0, 0.1) is 5.92 Å². The molecule has 7 nitrogen and oxygen atoms in total. The Hall–Kier alpha value is -2.67. The molecular formula is C24H33N5O2. The van der Waals surface area contributed by atoms with E-state index in [4.69, 9.17) is 4.74 Å². The summed E-state index contributed by atoms with van der Waals surface area (Å²) in [6, 6.07) is 10.3. The van der Waals surface area contributed by atoms with E-state index in [1.54, 1.807) is 19.5 Å². The predicted molar refractivity (Wildman–Crippen MR) is 121 cm³/mol. The highest BCUT2D eigenvalue weighted by molar-refractivity contribution is 5.78. The van der Waals surface area contributed by atoms with Crippen molar-refractivity contribution < 1.29 is 9.53 Å². The molecule has 4 rings (SSSR count). The number of piperidine rings is 1. The van der Waals surface area contributed by atoms with Crippen LogP contribution < -0.4 is 15.0 Å². The average Bonchev–Trinajstić information content (AvgIpc) is 3.17. The predicted octanol–water partition coefficient (Wildman–Crippen LogP) is 2.87. The van der Waals surface area contributed by atoms with E-state index in [0.717, 1.165) is 70.1 Å². The highest BCUT2D eigenvalue weighted by atomic mass is 16.5. The van der Waals surface area contributed by atoms with Crippen LogP contribution in [0.25, 0.3) is 0 Å². The number of hydrogen-bond acceptors (Lipinski definition) is 6. The largest absolute Gasteiger partial charge is 0.497 e. The number of carbonyl (C=O) groups excluding carboxylic acids is 1. The average molecular weight is 424 g/mol. The molecule has 1 aromatic carbocycles. The fraction of sp³-hybridized carbons (Fsp3) is 0.542. The van der Waals surface area contributed by atoms with Gasteiger partial charge in [0.15, 0.2) is 0 Å². The molecule has 0 unspecified atom stereocenters. The highest BCUT2D eigenvalue weighted by Crippen LogP contribution is 2.27. The van der Waals surface area contributed by atoms with Gasteiger partial charge in [0, 0.05) is 51.0 Å². The summed E-state index contributed by atoms with van der Waals surface area (Å²) in [7, 11) is 1.68. The van der Waals surface area contributed by atoms with Crippen LogP contribution in [0.5, 0.6) is 5.75 Å². The summed E-state index contributed by atoms with van der Waals surface area (Å²) >= 11 is 0. The number of nitrogens with zero attached hydrogens (tertiary/aromatic N) is 4. The quantitative estimate of drug-likeness (QED) is 0.626. The van der Waals surface area contributed by atoms with Crippen LogP contribution in [0.15, 0.2) is 42.7 Å². The summed E-state index contributed by atoms with van der Waals surface area (Å²) < 4.78 is 5.21. The molecule has 2 fully saturated rings. The summed E-state index contributed by atoms with van der Waals surface area (Å²) in [4.78, 5) is 25.8. The molecule has 2 aliphatic rings. The summed E-state index contributed by atoms with van der Waals surface area (Å²) in [6.07, 6.45) is 8.53. The minimum Gasteiger partial charge on any atom is -0.497 e. The fourth-order valence-corrected chi connectivity index (χ4v) is 4.72. The van der Waals surface area contributed by atoms with Crippen molar-refractivity contribution in [3.05, 3.63) is 48.3 Å². The molecule has 1 N–H and O–H groups in total. The molecule has 0 radical (unpaired) electrons. The van der Waals surface area contributed by atoms with Gasteiger partial charge < -0.3 is 19.9 Å². The third kappa shape index (κ3) is 5.73. The number of benzene rings is 1. The van der Waals surface area contributed by atoms with Crippen molar-refractivity contribution in [3.63, 3.8) is 0 Å². The standard InChI is InChI=1S/C24H33N5O2/c1-31-22-8-5-19(6-9-22)16-25-14-11-21-7-10-23(30)29(21)18-20-4-2-15-28(17-20)24-26-12-3-13-27-24/h3,5-6,8-9,12-13,20-21,25H,2,4,7,10-11,14-18H2,1H3/t20-,21-/m0/s1. The van der Waals surface area contributed by atoms with E-state index in [0.29, 0.717) is 24.3 Å². The minimum absolute atomic E-state index is 0.313. The van der Waals surface area contributed by atoms with Crippen LogP contribution in [0.1, 0.15) is 37.7 Å². The van der Waals surface area contributed by atoms with Gasteiger partial charge in [-0.2, -0.15) is 0 Å². The summed E-state index contributed by atoms with van der Waals surface area (Å²) in [5.74, 6) is 2.48. The zero-order valence-corrected chi connectivity index (χ0v) is 18.4. The van der Waals surface area contributed by atoms with Crippen LogP contribution >= 0.6 is 0 Å². The van der Waals surface area contributed by atoms with Gasteiger partial charge in [-0.3, -0.25) is 4.79 Å². The van der Waals surface area contributed by atoms with Gasteiger partial charge in [-0.25, -0.2) is 9.97 Å². The van der Waals surface area contributed by atoms with Gasteiger partial charge in [0.25, 0.3) is 0 Å². The number of methoxy groups -OCH3 is 1. The molecule has 31 heavy (non-hydrogen) atoms. The summed E-state index contributed by atoms with van der Waals surface area (Å²) in [5.41, 5.74) is 1.24. The van der Waals surface area contributed by atoms with Gasteiger partial charge in [-0.1, -0.05) is 12.1 Å². The molecule has 1 amide bonds. The monoisotopic (exact) mass is 423 g/mol. The van der Waals surface area contributed by atoms with E-state index in [-0.39, 0.29) is 0 Å². The third-order valence-electron chi connectivity index (χ3n) is 6.40. The van der Waals surface area contributed by atoms with E-state index in [1.807, 2.05) is 18.2 Å². The van der Waals surface area contributed by atoms with Crippen molar-refractivity contribution in [2.75, 3.05) is 38.2 Å². The van der Waals surface area contributed by atoms with Crippen LogP contribution in [0.2, 0.25) is 0 Å². The Labute approximate surface area is 184 Å². The second-order valence-corrected chi connectivity index (χ2v) is 8.56. The van der Waals surface area contributed by atoms with Crippen LogP contribution in [0.3, 0.4) is 0 Å². The molecule has 2 aromatic rings. The third-order valence-corrected chi connectivity index (χ3v) is 6.40. The number of rotatable bonds is 9. The molecule has 0 spiro atoms. The van der Waals surface area contributed by atoms with E-state index in [1.165, 1.54) is 5.56 Å². The molecule has 2 saturated heterocycles. The van der Waals surface area contributed by atoms with E-state index < -0.39 is 0 Å². The Balaban J connectivity index is 1.25. The molecular weight excluding hydrogens is 390 g/mol. The van der Waals surface area contributed by atoms with Crippen molar-refractivity contribution >= 4 is 11.9 Å². The molecule has 166 valence electrons. The zero-order chi connectivity index (χ0) is 21.5. The second kappa shape index (κ2) is 10.6. The van der Waals surface area contributed by atoms with E-state index in [9.17, 15) is 4.79 Å². The maximum atomic E-state index is 12.6. The first kappa shape index (κ1) is 21.6. The van der Waals surface area contributed by atoms with Crippen LogP contribution in [-0.2, 0) is 11.3 Å². The second-order valence-electron chi connectivity index (χ2n) is 8.56. The minimum atomic E-state index is 0.313. The number of likely N-dealkylation sites (tertiary alicyclic amines) is 1. The number of ether oxygens (including phenoxy) is 1. The molecule has 2 aliphatic heterocycles. The Bertz CT molecular complexity index is 830. The summed E-state index contributed by atoms with van der Waals surface area (Å²) in [6.45, 7) is 4.52. The van der Waals surface area contributed by atoms with Gasteiger partial charge in [-0.15, -0.1) is 0 Å². The van der Waals surface area contributed by atoms with Crippen molar-refractivity contribution in [2.45, 2.75) is 44.7 Å². The Morgan fingerprint density at radius 3 is 2.74 bits per heavy atom. The molecule has 3 heterocycles. The Morgan fingerprint density at radius 2 is 1.97 bits per heavy atom. The van der Waals surface area contributed by atoms with Gasteiger partial charge in [0.1, 0.15) is 5.75 Å².